The summed E-state index contributed by atoms with van der Waals surface area (Å²) >= 11 is 0. The predicted octanol–water partition coefficient (Wildman–Crippen LogP) is -0.285. The maximum Gasteiger partial charge on any atom is 0.265 e. The summed E-state index contributed by atoms with van der Waals surface area (Å²) in [6, 6.07) is 7.58. The van der Waals surface area contributed by atoms with Crippen molar-refractivity contribution in [1.29, 1.82) is 0 Å². The van der Waals surface area contributed by atoms with Crippen LogP contribution in [0.15, 0.2) is 24.3 Å². The van der Waals surface area contributed by atoms with Crippen LogP contribution in [0.2, 0.25) is 0 Å². The van der Waals surface area contributed by atoms with Crippen molar-refractivity contribution in [2.75, 3.05) is 13.1 Å². The lowest BCUT2D eigenvalue weighted by molar-refractivity contribution is -0.910. The van der Waals surface area contributed by atoms with E-state index in [0.29, 0.717) is 5.56 Å². The van der Waals surface area contributed by atoms with E-state index in [2.05, 4.69) is 19.3 Å². The molecule has 0 saturated heterocycles. The fraction of sp³-hybridized carbons (Fsp3) is 0.417. The fourth-order valence-electron chi connectivity index (χ4n) is 1.65. The minimum Gasteiger partial charge on any atom is -0.332 e. The Labute approximate surface area is 96.4 Å². The van der Waals surface area contributed by atoms with Gasteiger partial charge in [0.1, 0.15) is 6.54 Å². The van der Waals surface area contributed by atoms with E-state index >= 15 is 0 Å². The third kappa shape index (κ3) is 3.32. The lowest BCUT2D eigenvalue weighted by atomic mass is 10.1. The molecule has 0 atom stereocenters. The zero-order valence-corrected chi connectivity index (χ0v) is 9.92. The number of hydrogen-bond donors (Lipinski definition) is 3. The number of rotatable bonds is 5. The van der Waals surface area contributed by atoms with E-state index in [0.717, 1.165) is 19.6 Å². The van der Waals surface area contributed by atoms with E-state index < -0.39 is 0 Å². The van der Waals surface area contributed by atoms with Crippen molar-refractivity contribution in [2.45, 2.75) is 20.4 Å². The lowest BCUT2D eigenvalue weighted by Gasteiger charge is -2.15. The molecule has 1 aromatic rings. The van der Waals surface area contributed by atoms with Crippen LogP contribution in [0.5, 0.6) is 0 Å². The molecule has 0 unspecified atom stereocenters. The van der Waals surface area contributed by atoms with Gasteiger partial charge in [0.15, 0.2) is 0 Å². The van der Waals surface area contributed by atoms with Crippen molar-refractivity contribution < 1.29 is 9.69 Å². The molecule has 0 saturated carbocycles. The first kappa shape index (κ1) is 12.7. The van der Waals surface area contributed by atoms with E-state index in [9.17, 15) is 4.79 Å². The summed E-state index contributed by atoms with van der Waals surface area (Å²) in [5, 5.41) is 0. The summed E-state index contributed by atoms with van der Waals surface area (Å²) in [5.74, 6) is 4.81. The molecule has 1 aromatic carbocycles. The highest BCUT2D eigenvalue weighted by Gasteiger charge is 2.06. The Kier molecular flexibility index (Phi) is 4.95. The first-order valence-electron chi connectivity index (χ1n) is 5.64. The molecule has 0 aliphatic carbocycles. The van der Waals surface area contributed by atoms with Gasteiger partial charge in [-0.25, -0.2) is 5.84 Å². The molecule has 0 fully saturated rings. The van der Waals surface area contributed by atoms with Crippen molar-refractivity contribution in [3.63, 3.8) is 0 Å². The second-order valence-corrected chi connectivity index (χ2v) is 3.80. The lowest BCUT2D eigenvalue weighted by Crippen LogP contribution is -3.10. The Morgan fingerprint density at radius 1 is 1.25 bits per heavy atom. The summed E-state index contributed by atoms with van der Waals surface area (Å²) in [6.07, 6.45) is 0. The van der Waals surface area contributed by atoms with Crippen LogP contribution in [0.1, 0.15) is 29.8 Å². The highest BCUT2D eigenvalue weighted by atomic mass is 16.2. The minimum absolute atomic E-state index is 0.248. The Bertz CT molecular complexity index is 331. The number of carbonyl (C=O) groups is 1. The van der Waals surface area contributed by atoms with Crippen LogP contribution in [0.25, 0.3) is 0 Å². The number of quaternary nitrogens is 1. The molecule has 16 heavy (non-hydrogen) atoms. The predicted molar refractivity (Wildman–Crippen MR) is 63.8 cm³/mol. The van der Waals surface area contributed by atoms with Crippen LogP contribution < -0.4 is 16.2 Å². The van der Waals surface area contributed by atoms with Gasteiger partial charge in [-0.3, -0.25) is 10.2 Å². The molecule has 1 rings (SSSR count). The highest BCUT2D eigenvalue weighted by Crippen LogP contribution is 2.02. The zero-order valence-electron chi connectivity index (χ0n) is 9.92. The first-order valence-corrected chi connectivity index (χ1v) is 5.64. The van der Waals surface area contributed by atoms with Gasteiger partial charge in [0.2, 0.25) is 0 Å². The molecule has 0 heterocycles. The van der Waals surface area contributed by atoms with Gasteiger partial charge in [-0.15, -0.1) is 0 Å². The van der Waals surface area contributed by atoms with Gasteiger partial charge in [-0.2, -0.15) is 0 Å². The summed E-state index contributed by atoms with van der Waals surface area (Å²) in [4.78, 5) is 12.7. The maximum absolute atomic E-state index is 11.2. The standard InChI is InChI=1S/C12H19N3O/c1-3-15(4-2)9-10-5-7-11(8-6-10)12(16)14-13/h5-8H,3-4,9,13H2,1-2H3,(H,14,16)/p+1. The van der Waals surface area contributed by atoms with E-state index in [-0.39, 0.29) is 5.91 Å². The molecule has 4 N–H and O–H groups in total. The monoisotopic (exact) mass is 222 g/mol. The third-order valence-corrected chi connectivity index (χ3v) is 2.80. The first-order chi connectivity index (χ1) is 7.71. The summed E-state index contributed by atoms with van der Waals surface area (Å²) in [7, 11) is 0. The number of nitrogens with two attached hydrogens (primary N) is 1. The number of benzene rings is 1. The molecule has 88 valence electrons. The van der Waals surface area contributed by atoms with E-state index in [1.54, 1.807) is 12.1 Å². The van der Waals surface area contributed by atoms with Gasteiger partial charge in [-0.1, -0.05) is 12.1 Å². The van der Waals surface area contributed by atoms with Crippen LogP contribution in [-0.4, -0.2) is 19.0 Å². The second kappa shape index (κ2) is 6.25. The SMILES string of the molecule is CC[NH+](CC)Cc1ccc(C(=O)NN)cc1. The number of amides is 1. The molecule has 4 heteroatoms. The Morgan fingerprint density at radius 3 is 2.25 bits per heavy atom. The van der Waals surface area contributed by atoms with Crippen molar-refractivity contribution in [1.82, 2.24) is 5.43 Å². The number of carbonyl (C=O) groups excluding carboxylic acids is 1. The smallest absolute Gasteiger partial charge is 0.265 e. The molecule has 0 aliphatic heterocycles. The Morgan fingerprint density at radius 2 is 1.81 bits per heavy atom. The van der Waals surface area contributed by atoms with Crippen LogP contribution >= 0.6 is 0 Å². The summed E-state index contributed by atoms with van der Waals surface area (Å²) < 4.78 is 0. The van der Waals surface area contributed by atoms with Gasteiger partial charge in [0.25, 0.3) is 5.91 Å². The number of nitrogens with one attached hydrogen (secondary N) is 2. The molecule has 0 aromatic heterocycles. The normalized spacial score (nSPS) is 10.5. The van der Waals surface area contributed by atoms with Gasteiger partial charge in [0.05, 0.1) is 13.1 Å². The minimum atomic E-state index is -0.248. The topological polar surface area (TPSA) is 59.6 Å². The van der Waals surface area contributed by atoms with Crippen LogP contribution in [0, 0.1) is 0 Å². The maximum atomic E-state index is 11.2. The average molecular weight is 222 g/mol. The van der Waals surface area contributed by atoms with Crippen LogP contribution in [-0.2, 0) is 6.54 Å². The zero-order chi connectivity index (χ0) is 12.0. The summed E-state index contributed by atoms with van der Waals surface area (Å²) in [6.45, 7) is 7.57. The van der Waals surface area contributed by atoms with Gasteiger partial charge in [-0.05, 0) is 26.0 Å². The molecule has 0 radical (unpaired) electrons. The molecule has 0 aliphatic rings. The summed E-state index contributed by atoms with van der Waals surface area (Å²) in [5.41, 5.74) is 3.96. The van der Waals surface area contributed by atoms with Crippen LogP contribution in [0.4, 0.5) is 0 Å². The fourth-order valence-corrected chi connectivity index (χ4v) is 1.65. The van der Waals surface area contributed by atoms with Crippen molar-refractivity contribution >= 4 is 5.91 Å². The van der Waals surface area contributed by atoms with E-state index in [1.165, 1.54) is 10.5 Å². The Hall–Kier alpha value is -1.39. The largest absolute Gasteiger partial charge is 0.332 e. The molecular weight excluding hydrogens is 202 g/mol. The Balaban J connectivity index is 2.67. The van der Waals surface area contributed by atoms with Gasteiger partial charge in [0, 0.05) is 11.1 Å². The third-order valence-electron chi connectivity index (χ3n) is 2.80. The van der Waals surface area contributed by atoms with E-state index in [1.807, 2.05) is 12.1 Å². The van der Waals surface area contributed by atoms with E-state index in [4.69, 9.17) is 5.84 Å². The molecule has 0 spiro atoms. The molecule has 1 amide bonds. The highest BCUT2D eigenvalue weighted by molar-refractivity contribution is 5.93. The quantitative estimate of drug-likeness (QED) is 0.364. The van der Waals surface area contributed by atoms with Crippen molar-refractivity contribution in [2.24, 2.45) is 5.84 Å². The number of nitrogen functional groups attached to an aromatic ring is 1. The molecule has 4 nitrogen and oxygen atoms in total. The second-order valence-electron chi connectivity index (χ2n) is 3.80. The average Bonchev–Trinajstić information content (AvgIpc) is 2.35. The van der Waals surface area contributed by atoms with Gasteiger partial charge >= 0.3 is 0 Å². The van der Waals surface area contributed by atoms with Crippen LogP contribution in [0.3, 0.4) is 0 Å². The van der Waals surface area contributed by atoms with Crippen molar-refractivity contribution in [3.05, 3.63) is 35.4 Å². The molecule has 0 bridgehead atoms. The van der Waals surface area contributed by atoms with Crippen molar-refractivity contribution in [3.8, 4) is 0 Å². The number of hydrogen-bond acceptors (Lipinski definition) is 2. The van der Waals surface area contributed by atoms with Gasteiger partial charge < -0.3 is 4.90 Å². The number of hydrazine groups is 1. The molecular formula is C12H20N3O+.